The van der Waals surface area contributed by atoms with Crippen molar-refractivity contribution in [2.24, 2.45) is 5.92 Å². The van der Waals surface area contributed by atoms with E-state index in [2.05, 4.69) is 5.32 Å². The van der Waals surface area contributed by atoms with Crippen LogP contribution in [0.1, 0.15) is 33.9 Å². The topological polar surface area (TPSA) is 73.9 Å². The van der Waals surface area contributed by atoms with Crippen molar-refractivity contribution < 1.29 is 23.8 Å². The Balaban J connectivity index is 2.37. The van der Waals surface area contributed by atoms with Gasteiger partial charge in [-0.15, -0.1) is 11.3 Å². The van der Waals surface area contributed by atoms with Crippen LogP contribution in [0.2, 0.25) is 0 Å². The lowest BCUT2D eigenvalue weighted by Gasteiger charge is -2.15. The Bertz CT molecular complexity index is 740. The van der Waals surface area contributed by atoms with Crippen molar-refractivity contribution in [3.05, 3.63) is 40.1 Å². The lowest BCUT2D eigenvalue weighted by atomic mass is 10.1. The average Bonchev–Trinajstić information content (AvgIpc) is 3.13. The van der Waals surface area contributed by atoms with Crippen LogP contribution < -0.4 is 14.8 Å². The van der Waals surface area contributed by atoms with E-state index in [1.54, 1.807) is 23.6 Å². The van der Waals surface area contributed by atoms with Crippen LogP contribution in [-0.4, -0.2) is 32.7 Å². The van der Waals surface area contributed by atoms with Crippen LogP contribution in [0.25, 0.3) is 0 Å². The summed E-state index contributed by atoms with van der Waals surface area (Å²) in [7, 11) is 2.96. The van der Waals surface area contributed by atoms with Gasteiger partial charge in [-0.05, 0) is 17.4 Å². The van der Waals surface area contributed by atoms with Gasteiger partial charge in [-0.1, -0.05) is 19.9 Å². The summed E-state index contributed by atoms with van der Waals surface area (Å²) in [5.74, 6) is 0.155. The number of carbonyl (C=O) groups is 2. The molecule has 1 aromatic heterocycles. The minimum absolute atomic E-state index is 0.202. The van der Waals surface area contributed by atoms with Crippen LogP contribution >= 0.6 is 11.3 Å². The Hall–Kier alpha value is -2.54. The standard InChI is InChI=1S/C18H21NO5S/c1-11(2)10-24-18(21)12-8-14(22-3)15(23-4)9-13(12)19-17(20)16-6-5-7-25-16/h5-9,11H,10H2,1-4H3,(H,19,20). The smallest absolute Gasteiger partial charge is 0.340 e. The molecule has 1 aromatic carbocycles. The molecular formula is C18H21NO5S. The molecule has 0 atom stereocenters. The normalized spacial score (nSPS) is 10.4. The molecule has 0 fully saturated rings. The number of amides is 1. The first kappa shape index (κ1) is 18.8. The van der Waals surface area contributed by atoms with E-state index >= 15 is 0 Å². The number of nitrogens with one attached hydrogen (secondary N) is 1. The second-order valence-electron chi connectivity index (χ2n) is 5.68. The predicted molar refractivity (Wildman–Crippen MR) is 96.9 cm³/mol. The van der Waals surface area contributed by atoms with Crippen molar-refractivity contribution >= 4 is 28.9 Å². The van der Waals surface area contributed by atoms with E-state index < -0.39 is 5.97 Å². The number of thiophene rings is 1. The second kappa shape index (κ2) is 8.53. The van der Waals surface area contributed by atoms with E-state index in [-0.39, 0.29) is 24.0 Å². The molecule has 1 N–H and O–H groups in total. The number of methoxy groups -OCH3 is 2. The van der Waals surface area contributed by atoms with Crippen LogP contribution in [-0.2, 0) is 4.74 Å². The Kier molecular flexibility index (Phi) is 6.41. The highest BCUT2D eigenvalue weighted by molar-refractivity contribution is 7.12. The minimum atomic E-state index is -0.531. The third kappa shape index (κ3) is 4.73. The highest BCUT2D eigenvalue weighted by Gasteiger charge is 2.20. The van der Waals surface area contributed by atoms with E-state index in [1.807, 2.05) is 13.8 Å². The van der Waals surface area contributed by atoms with Crippen molar-refractivity contribution in [2.75, 3.05) is 26.1 Å². The molecule has 0 aliphatic rings. The molecule has 0 saturated carbocycles. The SMILES string of the molecule is COc1cc(NC(=O)c2cccs2)c(C(=O)OCC(C)C)cc1OC. The van der Waals surface area contributed by atoms with E-state index in [9.17, 15) is 9.59 Å². The molecule has 0 saturated heterocycles. The van der Waals surface area contributed by atoms with Gasteiger partial charge in [0.2, 0.25) is 0 Å². The maximum Gasteiger partial charge on any atom is 0.340 e. The molecule has 0 aliphatic carbocycles. The minimum Gasteiger partial charge on any atom is -0.493 e. The highest BCUT2D eigenvalue weighted by Crippen LogP contribution is 2.34. The Morgan fingerprint density at radius 3 is 2.40 bits per heavy atom. The Labute approximate surface area is 150 Å². The lowest BCUT2D eigenvalue weighted by molar-refractivity contribution is 0.0460. The van der Waals surface area contributed by atoms with Crippen molar-refractivity contribution in [1.29, 1.82) is 0 Å². The predicted octanol–water partition coefficient (Wildman–Crippen LogP) is 3.83. The number of hydrogen-bond donors (Lipinski definition) is 1. The van der Waals surface area contributed by atoms with Gasteiger partial charge in [0.25, 0.3) is 5.91 Å². The van der Waals surface area contributed by atoms with Crippen LogP contribution in [0, 0.1) is 5.92 Å². The molecule has 1 heterocycles. The van der Waals surface area contributed by atoms with Gasteiger partial charge in [0.1, 0.15) is 0 Å². The lowest BCUT2D eigenvalue weighted by Crippen LogP contribution is -2.16. The summed E-state index contributed by atoms with van der Waals surface area (Å²) in [6, 6.07) is 6.55. The first-order valence-electron chi connectivity index (χ1n) is 7.74. The monoisotopic (exact) mass is 363 g/mol. The van der Waals surface area contributed by atoms with Gasteiger partial charge in [0, 0.05) is 12.1 Å². The largest absolute Gasteiger partial charge is 0.493 e. The summed E-state index contributed by atoms with van der Waals surface area (Å²) in [5.41, 5.74) is 0.521. The summed E-state index contributed by atoms with van der Waals surface area (Å²) < 4.78 is 15.8. The fraction of sp³-hybridized carbons (Fsp3) is 0.333. The van der Waals surface area contributed by atoms with Gasteiger partial charge in [-0.3, -0.25) is 4.79 Å². The fourth-order valence-electron chi connectivity index (χ4n) is 2.06. The van der Waals surface area contributed by atoms with E-state index in [4.69, 9.17) is 14.2 Å². The third-order valence-corrected chi connectivity index (χ3v) is 4.15. The molecule has 25 heavy (non-hydrogen) atoms. The quantitative estimate of drug-likeness (QED) is 0.757. The zero-order valence-electron chi connectivity index (χ0n) is 14.6. The number of ether oxygens (including phenoxy) is 3. The van der Waals surface area contributed by atoms with E-state index in [0.29, 0.717) is 22.1 Å². The first-order valence-corrected chi connectivity index (χ1v) is 8.62. The fourth-order valence-corrected chi connectivity index (χ4v) is 2.68. The molecular weight excluding hydrogens is 342 g/mol. The number of esters is 1. The molecule has 0 unspecified atom stereocenters. The zero-order valence-corrected chi connectivity index (χ0v) is 15.4. The molecule has 7 heteroatoms. The van der Waals surface area contributed by atoms with Crippen molar-refractivity contribution in [2.45, 2.75) is 13.8 Å². The number of rotatable bonds is 7. The Morgan fingerprint density at radius 2 is 1.84 bits per heavy atom. The van der Waals surface area contributed by atoms with Crippen molar-refractivity contribution in [3.8, 4) is 11.5 Å². The summed E-state index contributed by atoms with van der Waals surface area (Å²) in [6.07, 6.45) is 0. The van der Waals surface area contributed by atoms with Crippen LogP contribution in [0.15, 0.2) is 29.6 Å². The molecule has 0 spiro atoms. The molecule has 0 bridgehead atoms. The summed E-state index contributed by atoms with van der Waals surface area (Å²) in [6.45, 7) is 4.17. The molecule has 0 radical (unpaired) electrons. The van der Waals surface area contributed by atoms with Crippen molar-refractivity contribution in [1.82, 2.24) is 0 Å². The second-order valence-corrected chi connectivity index (χ2v) is 6.62. The van der Waals surface area contributed by atoms with E-state index in [1.165, 1.54) is 31.6 Å². The van der Waals surface area contributed by atoms with Gasteiger partial charge in [-0.2, -0.15) is 0 Å². The third-order valence-electron chi connectivity index (χ3n) is 3.28. The molecule has 134 valence electrons. The Morgan fingerprint density at radius 1 is 1.16 bits per heavy atom. The van der Waals surface area contributed by atoms with Gasteiger partial charge in [0.05, 0.1) is 37.0 Å². The summed E-state index contributed by atoms with van der Waals surface area (Å²) in [5, 5.41) is 4.55. The molecule has 2 rings (SSSR count). The van der Waals surface area contributed by atoms with Gasteiger partial charge >= 0.3 is 5.97 Å². The van der Waals surface area contributed by atoms with Gasteiger partial charge in [-0.25, -0.2) is 4.79 Å². The van der Waals surface area contributed by atoms with E-state index in [0.717, 1.165) is 0 Å². The molecule has 0 aliphatic heterocycles. The summed E-state index contributed by atoms with van der Waals surface area (Å²) in [4.78, 5) is 25.3. The molecule has 1 amide bonds. The number of hydrogen-bond acceptors (Lipinski definition) is 6. The maximum absolute atomic E-state index is 12.4. The first-order chi connectivity index (χ1) is 12.0. The number of anilines is 1. The van der Waals surface area contributed by atoms with Crippen LogP contribution in [0.5, 0.6) is 11.5 Å². The number of benzene rings is 1. The zero-order chi connectivity index (χ0) is 18.4. The van der Waals surface area contributed by atoms with Gasteiger partial charge in [0.15, 0.2) is 11.5 Å². The summed E-state index contributed by atoms with van der Waals surface area (Å²) >= 11 is 1.31. The van der Waals surface area contributed by atoms with Crippen LogP contribution in [0.4, 0.5) is 5.69 Å². The highest BCUT2D eigenvalue weighted by atomic mass is 32.1. The molecule has 2 aromatic rings. The molecule has 6 nitrogen and oxygen atoms in total. The number of carbonyl (C=O) groups excluding carboxylic acids is 2. The average molecular weight is 363 g/mol. The van der Waals surface area contributed by atoms with Crippen LogP contribution in [0.3, 0.4) is 0 Å². The van der Waals surface area contributed by atoms with Crippen molar-refractivity contribution in [3.63, 3.8) is 0 Å². The van der Waals surface area contributed by atoms with Gasteiger partial charge < -0.3 is 19.5 Å². The maximum atomic E-state index is 12.4.